The smallest absolute Gasteiger partial charge is 0.171 e. The van der Waals surface area contributed by atoms with Crippen LogP contribution >= 0.6 is 0 Å². The maximum Gasteiger partial charge on any atom is 0.171 e. The van der Waals surface area contributed by atoms with E-state index in [0.29, 0.717) is 0 Å². The number of likely N-dealkylation sites (tertiary alicyclic amines) is 1. The molecule has 1 aromatic carbocycles. The molecule has 1 fully saturated rings. The number of piperidine rings is 1. The number of hydrogen-bond donors (Lipinski definition) is 0. The van der Waals surface area contributed by atoms with Crippen molar-refractivity contribution in [3.05, 3.63) is 40.6 Å². The van der Waals surface area contributed by atoms with Crippen LogP contribution in [0.3, 0.4) is 0 Å². The standard InChI is InChI=1S/C23H35N3O.C2H2/c1-17(2)6-8-19-9-10-20-22(11-7-18-12-14-26(5)15-13-18)24-27-23(20)21(19)16-25(3)4;1-2/h6,9-10,18H,7-8,11-16H2,1-5H3;1-2H. The number of benzene rings is 1. The van der Waals surface area contributed by atoms with Crippen molar-refractivity contribution in [3.8, 4) is 12.8 Å². The van der Waals surface area contributed by atoms with Gasteiger partial charge in [0.2, 0.25) is 0 Å². The van der Waals surface area contributed by atoms with Crippen molar-refractivity contribution >= 4 is 11.0 Å². The Hall–Kier alpha value is -2.09. The van der Waals surface area contributed by atoms with Gasteiger partial charge in [-0.1, -0.05) is 22.9 Å². The third-order valence-corrected chi connectivity index (χ3v) is 5.75. The number of nitrogens with zero attached hydrogens (tertiary/aromatic N) is 3. The number of allylic oxidation sites excluding steroid dienone is 2. The van der Waals surface area contributed by atoms with Gasteiger partial charge in [0, 0.05) is 17.5 Å². The van der Waals surface area contributed by atoms with Crippen LogP contribution in [0.1, 0.15) is 49.9 Å². The fourth-order valence-corrected chi connectivity index (χ4v) is 4.02. The summed E-state index contributed by atoms with van der Waals surface area (Å²) < 4.78 is 5.88. The highest BCUT2D eigenvalue weighted by Gasteiger charge is 2.20. The molecule has 0 unspecified atom stereocenters. The van der Waals surface area contributed by atoms with E-state index < -0.39 is 0 Å². The van der Waals surface area contributed by atoms with E-state index in [2.05, 4.69) is 81.0 Å². The van der Waals surface area contributed by atoms with Crippen LogP contribution in [0, 0.1) is 18.8 Å². The number of fused-ring (bicyclic) bond motifs is 1. The molecule has 0 radical (unpaired) electrons. The molecule has 0 atom stereocenters. The maximum atomic E-state index is 5.88. The lowest BCUT2D eigenvalue weighted by Gasteiger charge is -2.28. The normalized spacial score (nSPS) is 15.3. The quantitative estimate of drug-likeness (QED) is 0.492. The lowest BCUT2D eigenvalue weighted by atomic mass is 9.91. The van der Waals surface area contributed by atoms with E-state index >= 15 is 0 Å². The van der Waals surface area contributed by atoms with Crippen LogP contribution < -0.4 is 0 Å². The second-order valence-corrected chi connectivity index (χ2v) is 8.72. The molecule has 29 heavy (non-hydrogen) atoms. The van der Waals surface area contributed by atoms with Gasteiger partial charge < -0.3 is 14.3 Å². The average Bonchev–Trinajstić information content (AvgIpc) is 3.11. The largest absolute Gasteiger partial charge is 0.356 e. The molecule has 2 aromatic rings. The highest BCUT2D eigenvalue weighted by molar-refractivity contribution is 5.83. The van der Waals surface area contributed by atoms with Gasteiger partial charge in [0.05, 0.1) is 5.69 Å². The fourth-order valence-electron chi connectivity index (χ4n) is 4.02. The van der Waals surface area contributed by atoms with Crippen molar-refractivity contribution in [1.29, 1.82) is 0 Å². The summed E-state index contributed by atoms with van der Waals surface area (Å²) in [4.78, 5) is 4.64. The molecular formula is C25H37N3O. The number of aryl methyl sites for hydroxylation is 1. The van der Waals surface area contributed by atoms with Gasteiger partial charge in [-0.2, -0.15) is 0 Å². The van der Waals surface area contributed by atoms with Crippen molar-refractivity contribution in [2.45, 2.75) is 52.5 Å². The first-order chi connectivity index (χ1) is 13.9. The number of terminal acetylenes is 1. The molecule has 1 aliphatic rings. The molecule has 3 rings (SSSR count). The van der Waals surface area contributed by atoms with Crippen molar-refractivity contribution in [1.82, 2.24) is 15.0 Å². The Morgan fingerprint density at radius 3 is 2.55 bits per heavy atom. The number of rotatable bonds is 7. The Morgan fingerprint density at radius 1 is 1.24 bits per heavy atom. The number of hydrogen-bond acceptors (Lipinski definition) is 4. The molecule has 4 nitrogen and oxygen atoms in total. The first-order valence-electron chi connectivity index (χ1n) is 10.6. The van der Waals surface area contributed by atoms with Gasteiger partial charge in [-0.15, -0.1) is 12.8 Å². The second kappa shape index (κ2) is 11.2. The minimum Gasteiger partial charge on any atom is -0.356 e. The summed E-state index contributed by atoms with van der Waals surface area (Å²) in [7, 11) is 6.45. The van der Waals surface area contributed by atoms with Gasteiger partial charge >= 0.3 is 0 Å². The van der Waals surface area contributed by atoms with E-state index in [1.807, 2.05) is 0 Å². The third kappa shape index (κ3) is 6.45. The minimum atomic E-state index is 0.825. The summed E-state index contributed by atoms with van der Waals surface area (Å²) in [5, 5.41) is 5.69. The van der Waals surface area contributed by atoms with E-state index in [9.17, 15) is 0 Å². The fraction of sp³-hybridized carbons (Fsp3) is 0.560. The van der Waals surface area contributed by atoms with E-state index in [1.165, 1.54) is 54.4 Å². The van der Waals surface area contributed by atoms with Crippen LogP contribution in [-0.2, 0) is 19.4 Å². The molecule has 4 heteroatoms. The first-order valence-corrected chi connectivity index (χ1v) is 10.6. The van der Waals surface area contributed by atoms with E-state index in [-0.39, 0.29) is 0 Å². The molecule has 0 N–H and O–H groups in total. The molecule has 158 valence electrons. The van der Waals surface area contributed by atoms with Gasteiger partial charge in [-0.3, -0.25) is 0 Å². The van der Waals surface area contributed by atoms with Crippen molar-refractivity contribution in [2.75, 3.05) is 34.2 Å². The minimum absolute atomic E-state index is 0.825. The molecule has 0 bridgehead atoms. The molecular weight excluding hydrogens is 358 g/mol. The monoisotopic (exact) mass is 395 g/mol. The Kier molecular flexibility index (Phi) is 8.95. The molecule has 1 aromatic heterocycles. The molecule has 0 aliphatic carbocycles. The summed E-state index contributed by atoms with van der Waals surface area (Å²) >= 11 is 0. The summed E-state index contributed by atoms with van der Waals surface area (Å²) in [6.07, 6.45) is 16.1. The third-order valence-electron chi connectivity index (χ3n) is 5.75. The first kappa shape index (κ1) is 23.2. The van der Waals surface area contributed by atoms with Gasteiger partial charge in [0.1, 0.15) is 0 Å². The van der Waals surface area contributed by atoms with E-state index in [1.54, 1.807) is 0 Å². The summed E-state index contributed by atoms with van der Waals surface area (Å²) in [5.74, 6) is 0.825. The van der Waals surface area contributed by atoms with Gasteiger partial charge in [-0.05, 0) is 97.7 Å². The highest BCUT2D eigenvalue weighted by Crippen LogP contribution is 2.29. The van der Waals surface area contributed by atoms with Gasteiger partial charge in [0.25, 0.3) is 0 Å². The zero-order valence-corrected chi connectivity index (χ0v) is 18.9. The molecule has 0 amide bonds. The van der Waals surface area contributed by atoms with E-state index in [0.717, 1.165) is 36.6 Å². The summed E-state index contributed by atoms with van der Waals surface area (Å²) in [6.45, 7) is 7.64. The average molecular weight is 396 g/mol. The predicted molar refractivity (Wildman–Crippen MR) is 123 cm³/mol. The highest BCUT2D eigenvalue weighted by atomic mass is 16.5. The van der Waals surface area contributed by atoms with Crippen molar-refractivity contribution < 1.29 is 4.52 Å². The SMILES string of the molecule is C#C.CC(C)=CCc1ccc2c(CCC3CCN(C)CC3)noc2c1CN(C)C. The maximum absolute atomic E-state index is 5.88. The van der Waals surface area contributed by atoms with Gasteiger partial charge in [-0.25, -0.2) is 0 Å². The second-order valence-electron chi connectivity index (χ2n) is 8.72. The van der Waals surface area contributed by atoms with Crippen LogP contribution in [0.25, 0.3) is 11.0 Å². The molecule has 1 aliphatic heterocycles. The van der Waals surface area contributed by atoms with Crippen LogP contribution in [0.4, 0.5) is 0 Å². The Labute approximate surface area is 176 Å². The zero-order valence-electron chi connectivity index (χ0n) is 18.9. The topological polar surface area (TPSA) is 32.5 Å². The molecule has 1 saturated heterocycles. The molecule has 0 spiro atoms. The lowest BCUT2D eigenvalue weighted by Crippen LogP contribution is -2.30. The van der Waals surface area contributed by atoms with Crippen LogP contribution in [0.2, 0.25) is 0 Å². The summed E-state index contributed by atoms with van der Waals surface area (Å²) in [6, 6.07) is 4.50. The van der Waals surface area contributed by atoms with Crippen LogP contribution in [-0.4, -0.2) is 49.2 Å². The van der Waals surface area contributed by atoms with Crippen molar-refractivity contribution in [2.24, 2.45) is 5.92 Å². The van der Waals surface area contributed by atoms with Crippen molar-refractivity contribution in [3.63, 3.8) is 0 Å². The molecule has 2 heterocycles. The Balaban J connectivity index is 0.00000145. The predicted octanol–water partition coefficient (Wildman–Crippen LogP) is 4.92. The van der Waals surface area contributed by atoms with Gasteiger partial charge in [0.15, 0.2) is 5.58 Å². The lowest BCUT2D eigenvalue weighted by molar-refractivity contribution is 0.212. The summed E-state index contributed by atoms with van der Waals surface area (Å²) in [5.41, 5.74) is 6.10. The Morgan fingerprint density at radius 2 is 1.93 bits per heavy atom. The van der Waals surface area contributed by atoms with Crippen LogP contribution in [0.5, 0.6) is 0 Å². The van der Waals surface area contributed by atoms with Crippen LogP contribution in [0.15, 0.2) is 28.3 Å². The molecule has 0 saturated carbocycles. The zero-order chi connectivity index (χ0) is 21.4. The van der Waals surface area contributed by atoms with E-state index in [4.69, 9.17) is 4.52 Å². The number of aromatic nitrogens is 1. The Bertz CT molecular complexity index is 819.